The number of nitrogens with zero attached hydrogens (tertiary/aromatic N) is 3. The SMILES string of the molecule is Brc1ccccn1.c1c[nH]nn1. The van der Waals surface area contributed by atoms with Crippen molar-refractivity contribution in [2.75, 3.05) is 0 Å². The number of aromatic nitrogens is 4. The third kappa shape index (κ3) is 3.82. The van der Waals surface area contributed by atoms with Gasteiger partial charge in [-0.3, -0.25) is 5.10 Å². The third-order valence-corrected chi connectivity index (χ3v) is 1.43. The molecule has 0 atom stereocenters. The largest absolute Gasteiger partial charge is 0.266 e. The van der Waals surface area contributed by atoms with Crippen molar-refractivity contribution in [3.63, 3.8) is 0 Å². The average molecular weight is 227 g/mol. The van der Waals surface area contributed by atoms with Crippen LogP contribution in [0.5, 0.6) is 0 Å². The molecule has 1 N–H and O–H groups in total. The molecule has 12 heavy (non-hydrogen) atoms. The predicted molar refractivity (Wildman–Crippen MR) is 48.3 cm³/mol. The summed E-state index contributed by atoms with van der Waals surface area (Å²) in [6.45, 7) is 0. The van der Waals surface area contributed by atoms with Gasteiger partial charge in [0.05, 0.1) is 6.20 Å². The molecule has 2 aromatic heterocycles. The second-order valence-corrected chi connectivity index (χ2v) is 2.63. The first-order valence-electron chi connectivity index (χ1n) is 3.26. The molecule has 62 valence electrons. The van der Waals surface area contributed by atoms with Crippen molar-refractivity contribution in [1.82, 2.24) is 20.4 Å². The molecule has 0 saturated carbocycles. The Kier molecular flexibility index (Phi) is 4.01. The Morgan fingerprint density at radius 1 is 1.25 bits per heavy atom. The van der Waals surface area contributed by atoms with Gasteiger partial charge in [-0.05, 0) is 28.1 Å². The summed E-state index contributed by atoms with van der Waals surface area (Å²) in [5.41, 5.74) is 0. The van der Waals surface area contributed by atoms with Gasteiger partial charge in [0.2, 0.25) is 0 Å². The second-order valence-electron chi connectivity index (χ2n) is 1.81. The number of halogens is 1. The molecule has 2 aromatic rings. The Balaban J connectivity index is 0.000000127. The molecule has 0 bridgehead atoms. The topological polar surface area (TPSA) is 54.5 Å². The molecular weight excluding hydrogens is 220 g/mol. The van der Waals surface area contributed by atoms with E-state index < -0.39 is 0 Å². The van der Waals surface area contributed by atoms with E-state index in [1.807, 2.05) is 18.2 Å². The average Bonchev–Trinajstić information content (AvgIpc) is 2.62. The van der Waals surface area contributed by atoms with E-state index in [2.05, 4.69) is 36.3 Å². The van der Waals surface area contributed by atoms with Crippen LogP contribution < -0.4 is 0 Å². The molecule has 2 rings (SSSR count). The van der Waals surface area contributed by atoms with E-state index in [0.717, 1.165) is 4.60 Å². The van der Waals surface area contributed by atoms with Crippen LogP contribution >= 0.6 is 15.9 Å². The van der Waals surface area contributed by atoms with Crippen LogP contribution in [0.4, 0.5) is 0 Å². The third-order valence-electron chi connectivity index (χ3n) is 0.960. The van der Waals surface area contributed by atoms with E-state index in [1.165, 1.54) is 0 Å². The Hall–Kier alpha value is -1.23. The van der Waals surface area contributed by atoms with Crippen LogP contribution in [0, 0.1) is 0 Å². The molecular formula is C7H7BrN4. The quantitative estimate of drug-likeness (QED) is 0.696. The highest BCUT2D eigenvalue weighted by Gasteiger charge is 1.75. The summed E-state index contributed by atoms with van der Waals surface area (Å²) >= 11 is 3.20. The van der Waals surface area contributed by atoms with Gasteiger partial charge < -0.3 is 0 Å². The summed E-state index contributed by atoms with van der Waals surface area (Å²) in [6, 6.07) is 5.70. The fourth-order valence-corrected chi connectivity index (χ4v) is 0.779. The van der Waals surface area contributed by atoms with Crippen LogP contribution in [-0.2, 0) is 0 Å². The van der Waals surface area contributed by atoms with Crippen molar-refractivity contribution in [2.45, 2.75) is 0 Å². The highest BCUT2D eigenvalue weighted by molar-refractivity contribution is 9.10. The van der Waals surface area contributed by atoms with Crippen molar-refractivity contribution < 1.29 is 0 Å². The fraction of sp³-hybridized carbons (Fsp3) is 0. The lowest BCUT2D eigenvalue weighted by Crippen LogP contribution is -1.66. The number of pyridine rings is 1. The van der Waals surface area contributed by atoms with Crippen LogP contribution in [0.1, 0.15) is 0 Å². The highest BCUT2D eigenvalue weighted by Crippen LogP contribution is 2.00. The molecule has 0 fully saturated rings. The van der Waals surface area contributed by atoms with Gasteiger partial charge in [0.15, 0.2) is 0 Å². The molecule has 0 saturated heterocycles. The normalized spacial score (nSPS) is 8.42. The first-order valence-corrected chi connectivity index (χ1v) is 4.06. The van der Waals surface area contributed by atoms with Gasteiger partial charge in [0, 0.05) is 12.4 Å². The standard InChI is InChI=1S/C5H4BrN.C2H3N3/c6-5-3-1-2-4-7-5;1-2-4-5-3-1/h1-4H;1-2H,(H,3,4,5). The fourth-order valence-electron chi connectivity index (χ4n) is 0.509. The van der Waals surface area contributed by atoms with Crippen molar-refractivity contribution in [3.8, 4) is 0 Å². The van der Waals surface area contributed by atoms with Crippen molar-refractivity contribution in [3.05, 3.63) is 41.4 Å². The number of nitrogens with one attached hydrogen (secondary N) is 1. The van der Waals surface area contributed by atoms with E-state index in [1.54, 1.807) is 18.6 Å². The smallest absolute Gasteiger partial charge is 0.106 e. The van der Waals surface area contributed by atoms with Crippen LogP contribution in [-0.4, -0.2) is 20.4 Å². The van der Waals surface area contributed by atoms with E-state index in [4.69, 9.17) is 0 Å². The summed E-state index contributed by atoms with van der Waals surface area (Å²) in [5, 5.41) is 9.26. The molecule has 2 heterocycles. The zero-order chi connectivity index (χ0) is 8.65. The number of rotatable bonds is 0. The molecule has 0 aliphatic heterocycles. The van der Waals surface area contributed by atoms with Crippen molar-refractivity contribution in [1.29, 1.82) is 0 Å². The zero-order valence-corrected chi connectivity index (χ0v) is 7.77. The van der Waals surface area contributed by atoms with Crippen LogP contribution in [0.3, 0.4) is 0 Å². The molecule has 0 unspecified atom stereocenters. The minimum absolute atomic E-state index is 0.884. The summed E-state index contributed by atoms with van der Waals surface area (Å²) in [5.74, 6) is 0. The van der Waals surface area contributed by atoms with E-state index in [-0.39, 0.29) is 0 Å². The summed E-state index contributed by atoms with van der Waals surface area (Å²) < 4.78 is 0.884. The molecule has 0 aromatic carbocycles. The summed E-state index contributed by atoms with van der Waals surface area (Å²) in [7, 11) is 0. The molecule has 4 nitrogen and oxygen atoms in total. The van der Waals surface area contributed by atoms with Crippen LogP contribution in [0.15, 0.2) is 41.4 Å². The van der Waals surface area contributed by atoms with Gasteiger partial charge in [0.1, 0.15) is 4.60 Å². The first-order chi connectivity index (χ1) is 5.89. The van der Waals surface area contributed by atoms with Crippen LogP contribution in [0.25, 0.3) is 0 Å². The first kappa shape index (κ1) is 8.86. The minimum Gasteiger partial charge on any atom is -0.266 e. The molecule has 0 amide bonds. The zero-order valence-electron chi connectivity index (χ0n) is 6.18. The minimum atomic E-state index is 0.884. The maximum atomic E-state index is 3.90. The summed E-state index contributed by atoms with van der Waals surface area (Å²) in [4.78, 5) is 3.90. The Morgan fingerprint density at radius 3 is 2.42 bits per heavy atom. The lowest BCUT2D eigenvalue weighted by molar-refractivity contribution is 0.940. The Morgan fingerprint density at radius 2 is 2.17 bits per heavy atom. The molecule has 5 heteroatoms. The number of hydrogen-bond donors (Lipinski definition) is 1. The van der Waals surface area contributed by atoms with Gasteiger partial charge in [-0.1, -0.05) is 11.3 Å². The molecule has 0 spiro atoms. The number of hydrogen-bond acceptors (Lipinski definition) is 3. The van der Waals surface area contributed by atoms with E-state index in [9.17, 15) is 0 Å². The second kappa shape index (κ2) is 5.42. The van der Waals surface area contributed by atoms with Gasteiger partial charge >= 0.3 is 0 Å². The van der Waals surface area contributed by atoms with Crippen LogP contribution in [0.2, 0.25) is 0 Å². The Bertz CT molecular complexity index is 264. The van der Waals surface area contributed by atoms with Crippen molar-refractivity contribution in [2.24, 2.45) is 0 Å². The number of H-pyrrole nitrogens is 1. The number of aromatic amines is 1. The summed E-state index contributed by atoms with van der Waals surface area (Å²) in [6.07, 6.45) is 4.98. The van der Waals surface area contributed by atoms with Crippen molar-refractivity contribution >= 4 is 15.9 Å². The Labute approximate surface area is 78.2 Å². The van der Waals surface area contributed by atoms with Gasteiger partial charge in [-0.25, -0.2) is 4.98 Å². The van der Waals surface area contributed by atoms with Gasteiger partial charge in [0.25, 0.3) is 0 Å². The predicted octanol–water partition coefficient (Wildman–Crippen LogP) is 1.65. The maximum absolute atomic E-state index is 3.90. The highest BCUT2D eigenvalue weighted by atomic mass is 79.9. The molecule has 0 aliphatic rings. The van der Waals surface area contributed by atoms with E-state index in [0.29, 0.717) is 0 Å². The molecule has 0 aliphatic carbocycles. The monoisotopic (exact) mass is 226 g/mol. The molecule has 0 radical (unpaired) electrons. The van der Waals surface area contributed by atoms with E-state index >= 15 is 0 Å². The lowest BCUT2D eigenvalue weighted by atomic mass is 10.5. The maximum Gasteiger partial charge on any atom is 0.106 e. The lowest BCUT2D eigenvalue weighted by Gasteiger charge is -1.80. The van der Waals surface area contributed by atoms with Gasteiger partial charge in [-0.15, -0.1) is 5.10 Å². The van der Waals surface area contributed by atoms with Gasteiger partial charge in [-0.2, -0.15) is 0 Å².